The average Bonchev–Trinajstić information content (AvgIpc) is 3.00. The SMILES string of the molecule is Cc1cc(/C=C2/C(=O)NC(=S)N(c3ccc(F)cc3)C2=O)c(C)n1-c1cccnc1. The fourth-order valence-corrected chi connectivity index (χ4v) is 3.74. The minimum atomic E-state index is -0.574. The number of nitrogens with one attached hydrogen (secondary N) is 1. The molecular weight excluding hydrogens is 403 g/mol. The third-order valence-electron chi connectivity index (χ3n) is 4.86. The van der Waals surface area contributed by atoms with Crippen LogP contribution in [0.4, 0.5) is 10.1 Å². The average molecular weight is 420 g/mol. The van der Waals surface area contributed by atoms with Crippen LogP contribution in [0.3, 0.4) is 0 Å². The van der Waals surface area contributed by atoms with E-state index in [-0.39, 0.29) is 10.7 Å². The number of thiocarbonyl (C=S) groups is 1. The molecule has 1 aromatic carbocycles. The van der Waals surface area contributed by atoms with Crippen LogP contribution in [0.15, 0.2) is 60.4 Å². The van der Waals surface area contributed by atoms with Crippen LogP contribution in [0.1, 0.15) is 17.0 Å². The molecule has 0 bridgehead atoms. The molecule has 6 nitrogen and oxygen atoms in total. The van der Waals surface area contributed by atoms with E-state index in [2.05, 4.69) is 10.3 Å². The zero-order valence-corrected chi connectivity index (χ0v) is 17.0. The van der Waals surface area contributed by atoms with Crippen LogP contribution in [0.5, 0.6) is 0 Å². The highest BCUT2D eigenvalue weighted by molar-refractivity contribution is 7.80. The predicted octanol–water partition coefficient (Wildman–Crippen LogP) is 3.46. The minimum absolute atomic E-state index is 0.0467. The Morgan fingerprint density at radius 3 is 2.50 bits per heavy atom. The molecule has 1 fully saturated rings. The Kier molecular flexibility index (Phi) is 5.01. The summed E-state index contributed by atoms with van der Waals surface area (Å²) in [5.41, 5.74) is 3.71. The second-order valence-corrected chi connectivity index (χ2v) is 7.19. The van der Waals surface area contributed by atoms with Crippen molar-refractivity contribution in [3.05, 3.63) is 83.2 Å². The molecule has 0 aliphatic carbocycles. The van der Waals surface area contributed by atoms with Crippen molar-refractivity contribution >= 4 is 40.9 Å². The van der Waals surface area contributed by atoms with Crippen LogP contribution in [-0.4, -0.2) is 26.5 Å². The zero-order valence-electron chi connectivity index (χ0n) is 16.2. The maximum Gasteiger partial charge on any atom is 0.270 e. The molecule has 0 spiro atoms. The maximum atomic E-state index is 13.3. The Hall–Kier alpha value is -3.65. The molecule has 30 heavy (non-hydrogen) atoms. The largest absolute Gasteiger partial charge is 0.316 e. The Bertz CT molecular complexity index is 1200. The van der Waals surface area contributed by atoms with Crippen molar-refractivity contribution in [2.45, 2.75) is 13.8 Å². The van der Waals surface area contributed by atoms with E-state index in [0.717, 1.165) is 22.6 Å². The molecule has 0 saturated carbocycles. The molecule has 3 aromatic rings. The number of halogens is 1. The minimum Gasteiger partial charge on any atom is -0.316 e. The molecular formula is C22H17FN4O2S. The molecule has 0 atom stereocenters. The topological polar surface area (TPSA) is 67.2 Å². The summed E-state index contributed by atoms with van der Waals surface area (Å²) in [4.78, 5) is 31.0. The van der Waals surface area contributed by atoms with E-state index >= 15 is 0 Å². The number of benzene rings is 1. The van der Waals surface area contributed by atoms with Gasteiger partial charge in [0.2, 0.25) is 0 Å². The second-order valence-electron chi connectivity index (χ2n) is 6.81. The summed E-state index contributed by atoms with van der Waals surface area (Å²) in [6.45, 7) is 3.84. The highest BCUT2D eigenvalue weighted by Crippen LogP contribution is 2.26. The Morgan fingerprint density at radius 1 is 1.10 bits per heavy atom. The molecule has 1 N–H and O–H groups in total. The lowest BCUT2D eigenvalue weighted by Gasteiger charge is -2.28. The van der Waals surface area contributed by atoms with Gasteiger partial charge in [0.05, 0.1) is 17.6 Å². The standard InChI is InChI=1S/C22H17FN4O2S/c1-13-10-15(14(2)26(13)18-4-3-9-24-12-18)11-19-20(28)25-22(30)27(21(19)29)17-7-5-16(23)6-8-17/h3-12H,1-2H3,(H,25,28,30)/b19-11-. The van der Waals surface area contributed by atoms with Crippen molar-refractivity contribution in [1.29, 1.82) is 0 Å². The number of pyridine rings is 1. The number of amides is 2. The molecule has 1 aliphatic rings. The summed E-state index contributed by atoms with van der Waals surface area (Å²) in [6, 6.07) is 11.0. The second kappa shape index (κ2) is 7.64. The van der Waals surface area contributed by atoms with E-state index in [1.165, 1.54) is 29.2 Å². The molecule has 3 heterocycles. The molecule has 2 aromatic heterocycles. The zero-order chi connectivity index (χ0) is 21.4. The highest BCUT2D eigenvalue weighted by atomic mass is 32.1. The van der Waals surface area contributed by atoms with E-state index in [1.807, 2.05) is 36.6 Å². The molecule has 0 unspecified atom stereocenters. The first-order valence-corrected chi connectivity index (χ1v) is 9.54. The van der Waals surface area contributed by atoms with Gasteiger partial charge in [-0.15, -0.1) is 0 Å². The fraction of sp³-hybridized carbons (Fsp3) is 0.0909. The van der Waals surface area contributed by atoms with Gasteiger partial charge in [-0.25, -0.2) is 4.39 Å². The Balaban J connectivity index is 1.76. The number of nitrogens with zero attached hydrogens (tertiary/aromatic N) is 3. The van der Waals surface area contributed by atoms with E-state index < -0.39 is 17.6 Å². The summed E-state index contributed by atoms with van der Waals surface area (Å²) in [6.07, 6.45) is 4.98. The predicted molar refractivity (Wildman–Crippen MR) is 116 cm³/mol. The van der Waals surface area contributed by atoms with Crippen molar-refractivity contribution in [3.63, 3.8) is 0 Å². The maximum absolute atomic E-state index is 13.3. The van der Waals surface area contributed by atoms with Crippen molar-refractivity contribution in [2.24, 2.45) is 0 Å². The van der Waals surface area contributed by atoms with Gasteiger partial charge < -0.3 is 4.57 Å². The van der Waals surface area contributed by atoms with Crippen molar-refractivity contribution < 1.29 is 14.0 Å². The number of hydrogen-bond donors (Lipinski definition) is 1. The molecule has 2 amide bonds. The van der Waals surface area contributed by atoms with Gasteiger partial charge >= 0.3 is 0 Å². The number of anilines is 1. The van der Waals surface area contributed by atoms with Crippen LogP contribution in [0.25, 0.3) is 11.8 Å². The summed E-state index contributed by atoms with van der Waals surface area (Å²) in [7, 11) is 0. The summed E-state index contributed by atoms with van der Waals surface area (Å²) in [5.74, 6) is -1.58. The molecule has 0 radical (unpaired) electrons. The lowest BCUT2D eigenvalue weighted by molar-refractivity contribution is -0.122. The van der Waals surface area contributed by atoms with Gasteiger partial charge in [-0.3, -0.25) is 24.8 Å². The first-order valence-electron chi connectivity index (χ1n) is 9.13. The third-order valence-corrected chi connectivity index (χ3v) is 5.15. The van der Waals surface area contributed by atoms with Crippen molar-refractivity contribution in [3.8, 4) is 5.69 Å². The molecule has 1 aliphatic heterocycles. The highest BCUT2D eigenvalue weighted by Gasteiger charge is 2.34. The van der Waals surface area contributed by atoms with E-state index in [0.29, 0.717) is 5.69 Å². The van der Waals surface area contributed by atoms with Crippen molar-refractivity contribution in [2.75, 3.05) is 4.90 Å². The number of carbonyl (C=O) groups is 2. The summed E-state index contributed by atoms with van der Waals surface area (Å²) >= 11 is 5.17. The smallest absolute Gasteiger partial charge is 0.270 e. The van der Waals surface area contributed by atoms with Gasteiger partial charge in [-0.05, 0) is 80.2 Å². The molecule has 1 saturated heterocycles. The fourth-order valence-electron chi connectivity index (χ4n) is 3.45. The normalized spacial score (nSPS) is 15.6. The first-order chi connectivity index (χ1) is 14.4. The van der Waals surface area contributed by atoms with Crippen LogP contribution in [-0.2, 0) is 9.59 Å². The van der Waals surface area contributed by atoms with Gasteiger partial charge in [0.15, 0.2) is 5.11 Å². The van der Waals surface area contributed by atoms with E-state index in [1.54, 1.807) is 18.5 Å². The number of hydrogen-bond acceptors (Lipinski definition) is 4. The van der Waals surface area contributed by atoms with E-state index in [9.17, 15) is 14.0 Å². The van der Waals surface area contributed by atoms with Gasteiger partial charge in [0.25, 0.3) is 11.8 Å². The first kappa shape index (κ1) is 19.7. The monoisotopic (exact) mass is 420 g/mol. The Labute approximate surface area is 177 Å². The van der Waals surface area contributed by atoms with Crippen LogP contribution in [0, 0.1) is 19.7 Å². The lowest BCUT2D eigenvalue weighted by Crippen LogP contribution is -2.54. The van der Waals surface area contributed by atoms with Gasteiger partial charge in [-0.2, -0.15) is 0 Å². The lowest BCUT2D eigenvalue weighted by atomic mass is 10.1. The molecule has 150 valence electrons. The number of aryl methyl sites for hydroxylation is 1. The van der Waals surface area contributed by atoms with Crippen molar-refractivity contribution in [1.82, 2.24) is 14.9 Å². The number of aromatic nitrogens is 2. The molecule has 4 rings (SSSR count). The van der Waals surface area contributed by atoms with Crippen LogP contribution < -0.4 is 10.2 Å². The van der Waals surface area contributed by atoms with E-state index in [4.69, 9.17) is 12.2 Å². The van der Waals surface area contributed by atoms with Crippen LogP contribution >= 0.6 is 12.2 Å². The summed E-state index contributed by atoms with van der Waals surface area (Å²) in [5, 5.41) is 2.49. The quantitative estimate of drug-likeness (QED) is 0.400. The van der Waals surface area contributed by atoms with Gasteiger partial charge in [-0.1, -0.05) is 0 Å². The summed E-state index contributed by atoms with van der Waals surface area (Å²) < 4.78 is 15.3. The van der Waals surface area contributed by atoms with Crippen LogP contribution in [0.2, 0.25) is 0 Å². The number of rotatable bonds is 3. The van der Waals surface area contributed by atoms with Gasteiger partial charge in [0, 0.05) is 17.6 Å². The van der Waals surface area contributed by atoms with Gasteiger partial charge in [0.1, 0.15) is 11.4 Å². The third kappa shape index (κ3) is 3.42. The Morgan fingerprint density at radius 2 is 1.83 bits per heavy atom. The number of carbonyl (C=O) groups excluding carboxylic acids is 2. The molecule has 8 heteroatoms.